The van der Waals surface area contributed by atoms with Gasteiger partial charge in [-0.2, -0.15) is 0 Å². The van der Waals surface area contributed by atoms with Gasteiger partial charge in [0.15, 0.2) is 5.78 Å². The molecule has 0 atom stereocenters. The van der Waals surface area contributed by atoms with Crippen molar-refractivity contribution in [2.45, 2.75) is 40.2 Å². The number of carbonyl (C=O) groups is 3. The average molecular weight is 460 g/mol. The second-order valence-corrected chi connectivity index (χ2v) is 9.17. The van der Waals surface area contributed by atoms with E-state index in [-0.39, 0.29) is 35.5 Å². The van der Waals surface area contributed by atoms with Crippen LogP contribution in [-0.4, -0.2) is 53.8 Å². The summed E-state index contributed by atoms with van der Waals surface area (Å²) < 4.78 is 6.92. The van der Waals surface area contributed by atoms with E-state index in [1.807, 2.05) is 0 Å². The number of Topliss-reactive ketones (excluding diaryl/α,β-unsaturated/α-hetero) is 1. The van der Waals surface area contributed by atoms with E-state index in [0.717, 1.165) is 6.42 Å². The van der Waals surface area contributed by atoms with Crippen LogP contribution in [0.5, 0.6) is 5.75 Å². The summed E-state index contributed by atoms with van der Waals surface area (Å²) in [4.78, 5) is 52.5. The minimum atomic E-state index is -0.282. The monoisotopic (exact) mass is 459 g/mol. The third kappa shape index (κ3) is 5.09. The van der Waals surface area contributed by atoms with Crippen LogP contribution in [0.1, 0.15) is 63.3 Å². The summed E-state index contributed by atoms with van der Waals surface area (Å²) in [6.45, 7) is 7.12. The molecule has 0 bridgehead atoms. The van der Waals surface area contributed by atoms with Gasteiger partial charge in [0.05, 0.1) is 17.6 Å². The Bertz CT molecular complexity index is 1090. The van der Waals surface area contributed by atoms with Crippen LogP contribution in [0.3, 0.4) is 0 Å². The highest BCUT2D eigenvalue weighted by Gasteiger charge is 2.27. The first-order valence-electron chi connectivity index (χ1n) is 10.7. The van der Waals surface area contributed by atoms with Gasteiger partial charge in [-0.1, -0.05) is 13.8 Å². The third-order valence-electron chi connectivity index (χ3n) is 5.53. The highest BCUT2D eigenvalue weighted by molar-refractivity contribution is 7.12. The van der Waals surface area contributed by atoms with Gasteiger partial charge in [0.1, 0.15) is 11.3 Å². The number of ketones is 1. The second-order valence-electron chi connectivity index (χ2n) is 8.26. The first-order chi connectivity index (χ1) is 15.2. The Hall–Kier alpha value is -2.94. The number of nitrogens with one attached hydrogen (secondary N) is 1. The van der Waals surface area contributed by atoms with Crippen LogP contribution in [0.4, 0.5) is 0 Å². The molecule has 1 aliphatic rings. The van der Waals surface area contributed by atoms with Crippen molar-refractivity contribution in [3.05, 3.63) is 49.6 Å². The van der Waals surface area contributed by atoms with Gasteiger partial charge in [0, 0.05) is 49.7 Å². The van der Waals surface area contributed by atoms with E-state index in [1.54, 1.807) is 20.9 Å². The lowest BCUT2D eigenvalue weighted by Gasteiger charge is -2.19. The van der Waals surface area contributed by atoms with E-state index in [0.29, 0.717) is 53.7 Å². The number of hydrogen-bond acceptors (Lipinski definition) is 6. The van der Waals surface area contributed by atoms with E-state index in [9.17, 15) is 19.2 Å². The van der Waals surface area contributed by atoms with Gasteiger partial charge in [-0.05, 0) is 25.3 Å². The summed E-state index contributed by atoms with van der Waals surface area (Å²) >= 11 is 1.24. The van der Waals surface area contributed by atoms with Gasteiger partial charge < -0.3 is 19.5 Å². The average Bonchev–Trinajstić information content (AvgIpc) is 3.14. The predicted molar refractivity (Wildman–Crippen MR) is 123 cm³/mol. The van der Waals surface area contributed by atoms with Crippen molar-refractivity contribution in [3.63, 3.8) is 0 Å². The molecule has 0 radical (unpaired) electrons. The molecule has 3 rings (SSSR count). The minimum absolute atomic E-state index is 0.0795. The first kappa shape index (κ1) is 23.7. The largest absolute Gasteiger partial charge is 0.496 e. The molecule has 2 aromatic rings. The number of hydrogen-bond donors (Lipinski definition) is 1. The molecule has 172 valence electrons. The Labute approximate surface area is 191 Å². The molecule has 3 heterocycles. The van der Waals surface area contributed by atoms with Crippen LogP contribution in [0, 0.1) is 5.92 Å². The van der Waals surface area contributed by atoms with Crippen molar-refractivity contribution in [2.75, 3.05) is 26.7 Å². The van der Waals surface area contributed by atoms with Gasteiger partial charge in [0.25, 0.3) is 17.4 Å². The summed E-state index contributed by atoms with van der Waals surface area (Å²) in [5.74, 6) is 0.142. The molecule has 2 aromatic heterocycles. The number of rotatable bonds is 7. The molecule has 2 amide bonds. The molecule has 0 unspecified atom stereocenters. The maximum absolute atomic E-state index is 13.0. The number of pyridine rings is 1. The molecule has 9 heteroatoms. The Morgan fingerprint density at radius 2 is 1.94 bits per heavy atom. The fraction of sp³-hybridized carbons (Fsp3) is 0.478. The normalized spacial score (nSPS) is 13.5. The standard InChI is InChI=1S/C23H29N3O5S/c1-14(2)5-7-24-22(29)21-17-6-8-25(9-10-26(17)20(28)12-18(21)31-4)23(30)16-11-19(15(3)27)32-13-16/h11-14H,5-10H2,1-4H3,(H,24,29). The number of carbonyl (C=O) groups excluding carboxylic acids is 3. The lowest BCUT2D eigenvalue weighted by atomic mass is 10.1. The van der Waals surface area contributed by atoms with E-state index in [1.165, 1.54) is 31.4 Å². The Balaban J connectivity index is 1.87. The molecule has 0 aromatic carbocycles. The van der Waals surface area contributed by atoms with E-state index in [4.69, 9.17) is 4.74 Å². The molecular formula is C23H29N3O5S. The van der Waals surface area contributed by atoms with Crippen molar-refractivity contribution < 1.29 is 19.1 Å². The number of thiophene rings is 1. The molecular weight excluding hydrogens is 430 g/mol. The molecule has 0 fully saturated rings. The quantitative estimate of drug-likeness (QED) is 0.642. The molecule has 1 aliphatic heterocycles. The van der Waals surface area contributed by atoms with Crippen LogP contribution in [0.2, 0.25) is 0 Å². The van der Waals surface area contributed by atoms with Gasteiger partial charge in [-0.15, -0.1) is 11.3 Å². The predicted octanol–water partition coefficient (Wildman–Crippen LogP) is 2.60. The van der Waals surface area contributed by atoms with Gasteiger partial charge in [-0.25, -0.2) is 0 Å². The first-order valence-corrected chi connectivity index (χ1v) is 11.6. The zero-order valence-electron chi connectivity index (χ0n) is 18.9. The number of fused-ring (bicyclic) bond motifs is 1. The Morgan fingerprint density at radius 1 is 1.19 bits per heavy atom. The summed E-state index contributed by atoms with van der Waals surface area (Å²) in [6, 6.07) is 2.94. The van der Waals surface area contributed by atoms with E-state index < -0.39 is 0 Å². The van der Waals surface area contributed by atoms with Crippen LogP contribution < -0.4 is 15.6 Å². The SMILES string of the molecule is COc1cc(=O)n2c(c1C(=O)NCCC(C)C)CCN(C(=O)c1csc(C(C)=O)c1)CC2. The maximum Gasteiger partial charge on any atom is 0.256 e. The van der Waals surface area contributed by atoms with Crippen molar-refractivity contribution in [2.24, 2.45) is 5.92 Å². The van der Waals surface area contributed by atoms with Gasteiger partial charge >= 0.3 is 0 Å². The molecule has 0 aliphatic carbocycles. The Kier molecular flexibility index (Phi) is 7.50. The zero-order valence-corrected chi connectivity index (χ0v) is 19.7. The van der Waals surface area contributed by atoms with E-state index >= 15 is 0 Å². The summed E-state index contributed by atoms with van der Waals surface area (Å²) in [5, 5.41) is 4.60. The number of aromatic nitrogens is 1. The Morgan fingerprint density at radius 3 is 2.56 bits per heavy atom. The fourth-order valence-corrected chi connectivity index (χ4v) is 4.52. The van der Waals surface area contributed by atoms with Crippen molar-refractivity contribution in [1.82, 2.24) is 14.8 Å². The van der Waals surface area contributed by atoms with Crippen LogP contribution in [0.15, 0.2) is 22.3 Å². The highest BCUT2D eigenvalue weighted by atomic mass is 32.1. The van der Waals surface area contributed by atoms with Crippen molar-refractivity contribution >= 4 is 28.9 Å². The van der Waals surface area contributed by atoms with Crippen LogP contribution >= 0.6 is 11.3 Å². The van der Waals surface area contributed by atoms with E-state index in [2.05, 4.69) is 19.2 Å². The molecule has 0 saturated heterocycles. The topological polar surface area (TPSA) is 97.7 Å². The molecule has 1 N–H and O–H groups in total. The zero-order chi connectivity index (χ0) is 23.4. The molecule has 0 saturated carbocycles. The van der Waals surface area contributed by atoms with Crippen molar-refractivity contribution in [1.29, 1.82) is 0 Å². The number of nitrogens with zero attached hydrogens (tertiary/aromatic N) is 2. The summed E-state index contributed by atoms with van der Waals surface area (Å²) in [6.07, 6.45) is 1.18. The fourth-order valence-electron chi connectivity index (χ4n) is 3.74. The maximum atomic E-state index is 13.0. The van der Waals surface area contributed by atoms with Gasteiger partial charge in [0.2, 0.25) is 0 Å². The molecule has 32 heavy (non-hydrogen) atoms. The number of amides is 2. The summed E-state index contributed by atoms with van der Waals surface area (Å²) in [7, 11) is 1.44. The number of ether oxygens (including phenoxy) is 1. The third-order valence-corrected chi connectivity index (χ3v) is 6.56. The molecule has 8 nitrogen and oxygen atoms in total. The van der Waals surface area contributed by atoms with Crippen molar-refractivity contribution in [3.8, 4) is 5.75 Å². The second kappa shape index (κ2) is 10.1. The van der Waals surface area contributed by atoms with Crippen LogP contribution in [-0.2, 0) is 13.0 Å². The van der Waals surface area contributed by atoms with Crippen LogP contribution in [0.25, 0.3) is 0 Å². The number of methoxy groups -OCH3 is 1. The lowest BCUT2D eigenvalue weighted by Crippen LogP contribution is -2.34. The minimum Gasteiger partial charge on any atom is -0.496 e. The van der Waals surface area contributed by atoms with Gasteiger partial charge in [-0.3, -0.25) is 19.2 Å². The highest BCUT2D eigenvalue weighted by Crippen LogP contribution is 2.24. The summed E-state index contributed by atoms with van der Waals surface area (Å²) in [5.41, 5.74) is 1.11. The molecule has 0 spiro atoms. The lowest BCUT2D eigenvalue weighted by molar-refractivity contribution is 0.0759. The smallest absolute Gasteiger partial charge is 0.256 e.